The minimum atomic E-state index is -3.57. The van der Waals surface area contributed by atoms with Crippen LogP contribution in [-0.2, 0) is 22.3 Å². The predicted octanol–water partition coefficient (Wildman–Crippen LogP) is 4.27. The van der Waals surface area contributed by atoms with Crippen molar-refractivity contribution in [2.75, 3.05) is 0 Å². The van der Waals surface area contributed by atoms with Crippen molar-refractivity contribution in [1.29, 1.82) is 0 Å². The van der Waals surface area contributed by atoms with Gasteiger partial charge in [-0.25, -0.2) is 26.9 Å². The van der Waals surface area contributed by atoms with Gasteiger partial charge in [0.1, 0.15) is 11.6 Å². The van der Waals surface area contributed by atoms with Crippen molar-refractivity contribution in [3.63, 3.8) is 0 Å². The van der Waals surface area contributed by atoms with Gasteiger partial charge < -0.3 is 0 Å². The Labute approximate surface area is 170 Å². The van der Waals surface area contributed by atoms with Gasteiger partial charge in [-0.3, -0.25) is 4.40 Å². The summed E-state index contributed by atoms with van der Waals surface area (Å²) >= 11 is 1.39. The lowest BCUT2D eigenvalue weighted by Crippen LogP contribution is -2.24. The predicted molar refractivity (Wildman–Crippen MR) is 109 cm³/mol. The highest BCUT2D eigenvalue weighted by atomic mass is 32.2. The van der Waals surface area contributed by atoms with Crippen LogP contribution < -0.4 is 4.72 Å². The Bertz CT molecular complexity index is 1260. The van der Waals surface area contributed by atoms with Crippen LogP contribution in [-0.4, -0.2) is 17.8 Å². The van der Waals surface area contributed by atoms with Crippen molar-refractivity contribution >= 4 is 26.3 Å². The van der Waals surface area contributed by atoms with Crippen molar-refractivity contribution in [3.05, 3.63) is 82.5 Å². The van der Waals surface area contributed by atoms with E-state index in [-0.39, 0.29) is 18.1 Å². The molecule has 4 aromatic rings. The first-order valence-corrected chi connectivity index (χ1v) is 11.2. The first-order valence-electron chi connectivity index (χ1n) is 8.76. The second-order valence-corrected chi connectivity index (χ2v) is 9.47. The zero-order chi connectivity index (χ0) is 20.6. The summed E-state index contributed by atoms with van der Waals surface area (Å²) in [6.45, 7) is 2.04. The molecule has 0 saturated carbocycles. The molecule has 5 nitrogen and oxygen atoms in total. The Kier molecular flexibility index (Phi) is 5.20. The highest BCUT2D eigenvalue weighted by Crippen LogP contribution is 2.27. The van der Waals surface area contributed by atoms with Gasteiger partial charge in [0.05, 0.1) is 11.4 Å². The molecule has 0 fully saturated rings. The lowest BCUT2D eigenvalue weighted by atomic mass is 10.2. The molecule has 2 aromatic heterocycles. The quantitative estimate of drug-likeness (QED) is 0.494. The van der Waals surface area contributed by atoms with E-state index in [4.69, 9.17) is 0 Å². The summed E-state index contributed by atoms with van der Waals surface area (Å²) in [5, 5.41) is 0. The number of fused-ring (bicyclic) bond motifs is 1. The van der Waals surface area contributed by atoms with Gasteiger partial charge in [-0.05, 0) is 48.9 Å². The molecule has 29 heavy (non-hydrogen) atoms. The third kappa shape index (κ3) is 4.36. The molecule has 4 rings (SSSR count). The second-order valence-electron chi connectivity index (χ2n) is 6.60. The van der Waals surface area contributed by atoms with E-state index in [1.54, 1.807) is 12.1 Å². The molecule has 0 bridgehead atoms. The molecule has 0 aliphatic carbocycles. The minimum Gasteiger partial charge on any atom is -0.294 e. The van der Waals surface area contributed by atoms with E-state index in [1.807, 2.05) is 17.5 Å². The summed E-state index contributed by atoms with van der Waals surface area (Å²) in [6, 6.07) is 11.5. The number of benzene rings is 2. The molecule has 2 heterocycles. The van der Waals surface area contributed by atoms with Crippen molar-refractivity contribution < 1.29 is 17.2 Å². The standard InChI is InChI=1S/C20H17F2N3O2S2/c1-13-19(10-23-29(26,27)12-14-2-6-16(21)7-3-14)28-20-24-18(11-25(13)20)15-4-8-17(22)9-5-15/h2-9,11,23H,10,12H2,1H3. The van der Waals surface area contributed by atoms with Crippen LogP contribution in [0.4, 0.5) is 8.78 Å². The van der Waals surface area contributed by atoms with Crippen LogP contribution in [0.25, 0.3) is 16.2 Å². The Morgan fingerprint density at radius 1 is 1.03 bits per heavy atom. The molecule has 0 unspecified atom stereocenters. The fraction of sp³-hybridized carbons (Fsp3) is 0.150. The van der Waals surface area contributed by atoms with Gasteiger partial charge >= 0.3 is 0 Å². The summed E-state index contributed by atoms with van der Waals surface area (Å²) < 4.78 is 55.2. The summed E-state index contributed by atoms with van der Waals surface area (Å²) in [5.41, 5.74) is 2.93. The normalized spacial score (nSPS) is 12.0. The summed E-state index contributed by atoms with van der Waals surface area (Å²) in [7, 11) is -3.57. The molecule has 2 aromatic carbocycles. The van der Waals surface area contributed by atoms with E-state index in [9.17, 15) is 17.2 Å². The largest absolute Gasteiger partial charge is 0.294 e. The Balaban J connectivity index is 1.49. The molecule has 0 spiro atoms. The number of aryl methyl sites for hydroxylation is 1. The van der Waals surface area contributed by atoms with Gasteiger partial charge in [0.15, 0.2) is 4.96 Å². The molecular formula is C20H17F2N3O2S2. The van der Waals surface area contributed by atoms with E-state index in [0.717, 1.165) is 26.8 Å². The van der Waals surface area contributed by atoms with Gasteiger partial charge in [0.2, 0.25) is 10.0 Å². The fourth-order valence-corrected chi connectivity index (χ4v) is 5.18. The number of imidazole rings is 1. The number of halogens is 2. The first kappa shape index (κ1) is 19.7. The van der Waals surface area contributed by atoms with Gasteiger partial charge in [-0.2, -0.15) is 0 Å². The maximum absolute atomic E-state index is 13.1. The van der Waals surface area contributed by atoms with Crippen LogP contribution in [0.15, 0.2) is 54.7 Å². The number of rotatable bonds is 6. The smallest absolute Gasteiger partial charge is 0.216 e. The number of hydrogen-bond donors (Lipinski definition) is 1. The molecule has 150 valence electrons. The number of nitrogens with zero attached hydrogens (tertiary/aromatic N) is 2. The first-order chi connectivity index (χ1) is 13.8. The zero-order valence-corrected chi connectivity index (χ0v) is 17.0. The van der Waals surface area contributed by atoms with E-state index < -0.39 is 15.8 Å². The van der Waals surface area contributed by atoms with Crippen LogP contribution in [0.1, 0.15) is 16.1 Å². The number of thiazole rings is 1. The van der Waals surface area contributed by atoms with Gasteiger partial charge in [0.25, 0.3) is 0 Å². The van der Waals surface area contributed by atoms with Crippen LogP contribution >= 0.6 is 11.3 Å². The molecule has 0 aliphatic rings. The van der Waals surface area contributed by atoms with Crippen LogP contribution in [0.5, 0.6) is 0 Å². The number of hydrogen-bond acceptors (Lipinski definition) is 4. The SMILES string of the molecule is Cc1c(CNS(=O)(=O)Cc2ccc(F)cc2)sc2nc(-c3ccc(F)cc3)cn12. The summed E-state index contributed by atoms with van der Waals surface area (Å²) in [5.74, 6) is -0.929. The van der Waals surface area contributed by atoms with Crippen molar-refractivity contribution in [3.8, 4) is 11.3 Å². The van der Waals surface area contributed by atoms with E-state index in [1.165, 1.54) is 47.7 Å². The summed E-state index contributed by atoms with van der Waals surface area (Å²) in [4.78, 5) is 6.14. The summed E-state index contributed by atoms with van der Waals surface area (Å²) in [6.07, 6.45) is 1.85. The molecule has 0 amide bonds. The van der Waals surface area contributed by atoms with Crippen molar-refractivity contribution in [2.24, 2.45) is 0 Å². The Morgan fingerprint density at radius 3 is 2.28 bits per heavy atom. The molecular weight excluding hydrogens is 416 g/mol. The van der Waals surface area contributed by atoms with Gasteiger partial charge in [-0.1, -0.05) is 23.5 Å². The average molecular weight is 434 g/mol. The molecule has 0 atom stereocenters. The molecule has 0 radical (unpaired) electrons. The van der Waals surface area contributed by atoms with Crippen LogP contribution in [0.3, 0.4) is 0 Å². The highest BCUT2D eigenvalue weighted by Gasteiger charge is 2.16. The number of aromatic nitrogens is 2. The maximum Gasteiger partial charge on any atom is 0.216 e. The average Bonchev–Trinajstić information content (AvgIpc) is 3.22. The molecule has 0 saturated heterocycles. The topological polar surface area (TPSA) is 63.5 Å². The second kappa shape index (κ2) is 7.66. The van der Waals surface area contributed by atoms with Crippen LogP contribution in [0.2, 0.25) is 0 Å². The van der Waals surface area contributed by atoms with Crippen LogP contribution in [0, 0.1) is 18.6 Å². The van der Waals surface area contributed by atoms with Crippen molar-refractivity contribution in [1.82, 2.24) is 14.1 Å². The molecule has 0 aliphatic heterocycles. The number of nitrogens with one attached hydrogen (secondary N) is 1. The monoisotopic (exact) mass is 433 g/mol. The third-order valence-electron chi connectivity index (χ3n) is 4.52. The Morgan fingerprint density at radius 2 is 1.66 bits per heavy atom. The highest BCUT2D eigenvalue weighted by molar-refractivity contribution is 7.88. The lowest BCUT2D eigenvalue weighted by molar-refractivity contribution is 0.580. The lowest BCUT2D eigenvalue weighted by Gasteiger charge is -2.06. The van der Waals surface area contributed by atoms with Gasteiger partial charge in [-0.15, -0.1) is 0 Å². The fourth-order valence-electron chi connectivity index (χ4n) is 2.94. The maximum atomic E-state index is 13.1. The number of sulfonamides is 1. The third-order valence-corrected chi connectivity index (χ3v) is 6.97. The molecule has 9 heteroatoms. The van der Waals surface area contributed by atoms with E-state index in [0.29, 0.717) is 5.56 Å². The van der Waals surface area contributed by atoms with E-state index in [2.05, 4.69) is 9.71 Å². The minimum absolute atomic E-state index is 0.148. The Hall–Kier alpha value is -2.62. The van der Waals surface area contributed by atoms with E-state index >= 15 is 0 Å². The molecule has 1 N–H and O–H groups in total. The van der Waals surface area contributed by atoms with Crippen molar-refractivity contribution in [2.45, 2.75) is 19.2 Å². The van der Waals surface area contributed by atoms with Gasteiger partial charge in [0, 0.05) is 28.9 Å². The zero-order valence-electron chi connectivity index (χ0n) is 15.4.